The van der Waals surface area contributed by atoms with Crippen LogP contribution < -0.4 is 0 Å². The lowest BCUT2D eigenvalue weighted by atomic mass is 9.77. The first-order chi connectivity index (χ1) is 25.5. The van der Waals surface area contributed by atoms with E-state index in [-0.39, 0.29) is 36.9 Å². The summed E-state index contributed by atoms with van der Waals surface area (Å²) in [7, 11) is 8.85. The van der Waals surface area contributed by atoms with E-state index in [9.17, 15) is 24.9 Å². The molecule has 0 aliphatic carbocycles. The predicted molar refractivity (Wildman–Crippen MR) is 209 cm³/mol. The highest BCUT2D eigenvalue weighted by molar-refractivity contribution is 5.78. The number of cyclic esters (lactones) is 1. The quantitative estimate of drug-likeness (QED) is 0.231. The lowest BCUT2D eigenvalue weighted by Gasteiger charge is -2.49. The maximum atomic E-state index is 14.2. The molecule has 0 spiro atoms. The van der Waals surface area contributed by atoms with Crippen LogP contribution in [0.1, 0.15) is 94.9 Å². The number of hydrogen-bond donors (Lipinski definition) is 3. The topological polar surface area (TPSA) is 160 Å². The van der Waals surface area contributed by atoms with Gasteiger partial charge in [0.25, 0.3) is 0 Å². The van der Waals surface area contributed by atoms with Crippen molar-refractivity contribution in [1.82, 2.24) is 14.7 Å². The number of carbonyl (C=O) groups is 2. The number of methoxy groups -OCH3 is 1. The molecule has 3 heterocycles. The lowest BCUT2D eigenvalue weighted by molar-refractivity contribution is -0.317. The molecule has 14 heteroatoms. The number of amides is 1. The second-order valence-electron chi connectivity index (χ2n) is 17.7. The summed E-state index contributed by atoms with van der Waals surface area (Å²) < 4.78 is 38.0. The van der Waals surface area contributed by atoms with E-state index in [0.717, 1.165) is 5.57 Å². The third-order valence-corrected chi connectivity index (χ3v) is 12.2. The largest absolute Gasteiger partial charge is 0.458 e. The molecule has 0 unspecified atom stereocenters. The van der Waals surface area contributed by atoms with Crippen LogP contribution in [0.4, 0.5) is 0 Å². The van der Waals surface area contributed by atoms with Crippen LogP contribution >= 0.6 is 0 Å². The molecule has 1 amide bonds. The smallest absolute Gasteiger partial charge is 0.311 e. The minimum Gasteiger partial charge on any atom is -0.458 e. The van der Waals surface area contributed by atoms with Gasteiger partial charge in [0.05, 0.1) is 54.1 Å². The number of rotatable bonds is 9. The first kappa shape index (κ1) is 47.7. The van der Waals surface area contributed by atoms with E-state index in [1.165, 1.54) is 7.11 Å². The van der Waals surface area contributed by atoms with Crippen LogP contribution in [-0.2, 0) is 38.0 Å². The SMILES string of the molecule is CC[C@H]1OC(=O)[C@H](C)[C@@H](O[C@H]2C[C@@](C)(OC)[C@@H](O)[C@H](C)O2)[C@H](C)[C@@H](O[C@@H]2O[C@H](C)C[C@H](N(C)C(=O)CN(C)C)[C@H]2O)[C@](C)(O)C[C@@H](C)CN(C)[C@H](C)/C=C/1C. The van der Waals surface area contributed by atoms with Gasteiger partial charge in [-0.25, -0.2) is 0 Å². The Morgan fingerprint density at radius 2 is 1.67 bits per heavy atom. The van der Waals surface area contributed by atoms with Gasteiger partial charge in [0.15, 0.2) is 12.6 Å². The molecular formula is C41H75N3O11. The van der Waals surface area contributed by atoms with Gasteiger partial charge in [-0.15, -0.1) is 0 Å². The molecule has 320 valence electrons. The van der Waals surface area contributed by atoms with Crippen molar-refractivity contribution in [2.75, 3.05) is 48.4 Å². The number of hydrogen-bond acceptors (Lipinski definition) is 13. The van der Waals surface area contributed by atoms with E-state index in [2.05, 4.69) is 24.8 Å². The molecule has 0 radical (unpaired) electrons. The molecule has 16 atom stereocenters. The second kappa shape index (κ2) is 19.8. The maximum absolute atomic E-state index is 14.2. The van der Waals surface area contributed by atoms with Gasteiger partial charge >= 0.3 is 5.97 Å². The zero-order valence-corrected chi connectivity index (χ0v) is 36.4. The van der Waals surface area contributed by atoms with Crippen molar-refractivity contribution in [1.29, 1.82) is 0 Å². The molecule has 14 nitrogen and oxygen atoms in total. The molecule has 3 N–H and O–H groups in total. The fourth-order valence-electron chi connectivity index (χ4n) is 8.75. The molecule has 0 aromatic rings. The monoisotopic (exact) mass is 786 g/mol. The third kappa shape index (κ3) is 11.9. The summed E-state index contributed by atoms with van der Waals surface area (Å²) in [5.74, 6) is -2.25. The predicted octanol–water partition coefficient (Wildman–Crippen LogP) is 3.19. The Morgan fingerprint density at radius 1 is 1.04 bits per heavy atom. The summed E-state index contributed by atoms with van der Waals surface area (Å²) in [4.78, 5) is 32.9. The minimum absolute atomic E-state index is 0.0127. The number of aliphatic hydroxyl groups excluding tert-OH is 2. The van der Waals surface area contributed by atoms with Crippen LogP contribution in [-0.4, -0.2) is 169 Å². The molecule has 55 heavy (non-hydrogen) atoms. The standard InChI is InChI=1S/C41H75N3O11/c1-16-31-24(3)17-25(4)43(13)21-23(2)19-40(9,49)37(55-39-34(46)30(18-26(5)51-39)44(14)32(45)22-42(11)12)27(6)35(28(7)38(48)53-31)54-33-20-41(10,50-15)36(47)29(8)52-33/h17,23,25-31,33-37,39,46-47,49H,16,18-22H2,1-15H3/b24-17+/t23-,25-,26-,27+,28-,29+,30+,31-,33+,34-,35+,36+,37-,39+,40-,41-/m1/s1. The molecule has 0 bridgehead atoms. The molecule has 0 saturated carbocycles. The summed E-state index contributed by atoms with van der Waals surface area (Å²) in [6, 6.07) is -0.590. The molecule has 0 aromatic heterocycles. The lowest BCUT2D eigenvalue weighted by Crippen LogP contribution is -2.61. The summed E-state index contributed by atoms with van der Waals surface area (Å²) in [5, 5.41) is 35.4. The van der Waals surface area contributed by atoms with Crippen molar-refractivity contribution in [3.05, 3.63) is 11.6 Å². The van der Waals surface area contributed by atoms with Crippen molar-refractivity contribution in [2.24, 2.45) is 17.8 Å². The van der Waals surface area contributed by atoms with Gasteiger partial charge in [-0.1, -0.05) is 26.8 Å². The number of likely N-dealkylation sites (N-methyl/N-ethyl adjacent to an activating group) is 3. The Bertz CT molecular complexity index is 1280. The van der Waals surface area contributed by atoms with E-state index >= 15 is 0 Å². The molecular weight excluding hydrogens is 710 g/mol. The fourth-order valence-corrected chi connectivity index (χ4v) is 8.75. The zero-order chi connectivity index (χ0) is 41.7. The third-order valence-electron chi connectivity index (χ3n) is 12.2. The number of nitrogens with zero attached hydrogens (tertiary/aromatic N) is 3. The Kier molecular flexibility index (Phi) is 17.2. The van der Waals surface area contributed by atoms with Gasteiger partial charge < -0.3 is 53.5 Å². The molecule has 3 rings (SSSR count). The number of carbonyl (C=O) groups excluding carboxylic acids is 2. The van der Waals surface area contributed by atoms with Crippen LogP contribution in [0.5, 0.6) is 0 Å². The first-order valence-corrected chi connectivity index (χ1v) is 20.2. The second-order valence-corrected chi connectivity index (χ2v) is 17.7. The van der Waals surface area contributed by atoms with Gasteiger partial charge in [-0.3, -0.25) is 14.5 Å². The fraction of sp³-hybridized carbons (Fsp3) is 0.902. The highest BCUT2D eigenvalue weighted by Crippen LogP contribution is 2.40. The Balaban J connectivity index is 2.14. The molecule has 0 aromatic carbocycles. The van der Waals surface area contributed by atoms with E-state index < -0.39 is 84.3 Å². The van der Waals surface area contributed by atoms with E-state index in [0.29, 0.717) is 25.8 Å². The molecule has 2 fully saturated rings. The van der Waals surface area contributed by atoms with Gasteiger partial charge in [-0.05, 0) is 100 Å². The Hall–Kier alpha value is -1.72. The van der Waals surface area contributed by atoms with Crippen molar-refractivity contribution in [2.45, 2.75) is 174 Å². The van der Waals surface area contributed by atoms with Crippen LogP contribution in [0.15, 0.2) is 11.6 Å². The van der Waals surface area contributed by atoms with E-state index in [1.807, 2.05) is 48.8 Å². The van der Waals surface area contributed by atoms with Crippen molar-refractivity contribution in [3.63, 3.8) is 0 Å². The van der Waals surface area contributed by atoms with E-state index in [4.69, 9.17) is 28.4 Å². The van der Waals surface area contributed by atoms with Crippen molar-refractivity contribution < 1.29 is 53.3 Å². The highest BCUT2D eigenvalue weighted by Gasteiger charge is 2.51. The van der Waals surface area contributed by atoms with Gasteiger partial charge in [0.2, 0.25) is 5.91 Å². The van der Waals surface area contributed by atoms with Crippen LogP contribution in [0.25, 0.3) is 0 Å². The van der Waals surface area contributed by atoms with E-state index in [1.54, 1.807) is 44.5 Å². The van der Waals surface area contributed by atoms with Gasteiger partial charge in [0.1, 0.15) is 18.3 Å². The zero-order valence-electron chi connectivity index (χ0n) is 36.4. The number of esters is 1. The summed E-state index contributed by atoms with van der Waals surface area (Å²) in [6.07, 6.45) is -4.24. The minimum atomic E-state index is -1.53. The summed E-state index contributed by atoms with van der Waals surface area (Å²) in [5.41, 5.74) is -1.58. The number of ether oxygens (including phenoxy) is 6. The summed E-state index contributed by atoms with van der Waals surface area (Å²) in [6.45, 7) is 19.7. The first-order valence-electron chi connectivity index (χ1n) is 20.2. The van der Waals surface area contributed by atoms with Gasteiger partial charge in [0, 0.05) is 39.1 Å². The van der Waals surface area contributed by atoms with Crippen LogP contribution in [0, 0.1) is 17.8 Å². The van der Waals surface area contributed by atoms with Crippen LogP contribution in [0.2, 0.25) is 0 Å². The maximum Gasteiger partial charge on any atom is 0.311 e. The number of aliphatic hydroxyl groups is 3. The normalized spacial score (nSPS) is 44.2. The average Bonchev–Trinajstić information content (AvgIpc) is 3.09. The van der Waals surface area contributed by atoms with Gasteiger partial charge in [-0.2, -0.15) is 0 Å². The van der Waals surface area contributed by atoms with Crippen molar-refractivity contribution >= 4 is 11.9 Å². The molecule has 3 aliphatic heterocycles. The molecule has 2 saturated heterocycles. The molecule has 3 aliphatic rings. The Morgan fingerprint density at radius 3 is 2.25 bits per heavy atom. The van der Waals surface area contributed by atoms with Crippen LogP contribution in [0.3, 0.4) is 0 Å². The Labute approximate surface area is 330 Å². The van der Waals surface area contributed by atoms with Crippen molar-refractivity contribution in [3.8, 4) is 0 Å². The average molecular weight is 786 g/mol. The summed E-state index contributed by atoms with van der Waals surface area (Å²) >= 11 is 0. The highest BCUT2D eigenvalue weighted by atomic mass is 16.7.